The molecule has 7 heteroatoms. The van der Waals surface area contributed by atoms with E-state index in [-0.39, 0.29) is 13.2 Å². The van der Waals surface area contributed by atoms with Crippen molar-refractivity contribution in [1.82, 2.24) is 0 Å². The number of hydrogen-bond donors (Lipinski definition) is 0. The van der Waals surface area contributed by atoms with E-state index in [1.54, 1.807) is 36.4 Å². The molecule has 0 aliphatic rings. The van der Waals surface area contributed by atoms with Crippen molar-refractivity contribution >= 4 is 17.9 Å². The van der Waals surface area contributed by atoms with Gasteiger partial charge < -0.3 is 18.9 Å². The fraction of sp³-hybridized carbons (Fsp3) is 0.414. The van der Waals surface area contributed by atoms with E-state index in [0.29, 0.717) is 36.3 Å². The normalized spacial score (nSPS) is 10.4. The zero-order valence-corrected chi connectivity index (χ0v) is 21.0. The summed E-state index contributed by atoms with van der Waals surface area (Å²) in [6.07, 6.45) is 9.46. The summed E-state index contributed by atoms with van der Waals surface area (Å²) in [6, 6.07) is 13.0. The fourth-order valence-electron chi connectivity index (χ4n) is 3.27. The van der Waals surface area contributed by atoms with E-state index >= 15 is 0 Å². The van der Waals surface area contributed by atoms with Crippen LogP contribution in [0, 0.1) is 0 Å². The Balaban J connectivity index is 1.69. The van der Waals surface area contributed by atoms with Crippen molar-refractivity contribution in [2.45, 2.75) is 58.3 Å². The minimum Gasteiger partial charge on any atom is -0.494 e. The number of unbranched alkanes of at least 4 members (excludes halogenated alkanes) is 6. The van der Waals surface area contributed by atoms with E-state index in [4.69, 9.17) is 18.9 Å². The molecule has 0 amide bonds. The van der Waals surface area contributed by atoms with Crippen LogP contribution in [0.5, 0.6) is 11.5 Å². The third kappa shape index (κ3) is 11.2. The molecular weight excluding hydrogens is 460 g/mol. The topological polar surface area (TPSA) is 88.1 Å². The zero-order chi connectivity index (χ0) is 26.0. The Morgan fingerprint density at radius 1 is 0.667 bits per heavy atom. The molecule has 0 unspecified atom stereocenters. The summed E-state index contributed by atoms with van der Waals surface area (Å²) in [5, 5.41) is 0. The summed E-state index contributed by atoms with van der Waals surface area (Å²) < 4.78 is 21.2. The van der Waals surface area contributed by atoms with Gasteiger partial charge in [-0.1, -0.05) is 45.6 Å². The number of hydrogen-bond acceptors (Lipinski definition) is 7. The summed E-state index contributed by atoms with van der Waals surface area (Å²) >= 11 is 0. The Morgan fingerprint density at radius 3 is 1.83 bits per heavy atom. The average molecular weight is 497 g/mol. The molecule has 2 rings (SSSR count). The molecule has 0 fully saturated rings. The van der Waals surface area contributed by atoms with Crippen molar-refractivity contribution in [3.63, 3.8) is 0 Å². The minimum atomic E-state index is -0.495. The van der Waals surface area contributed by atoms with Crippen LogP contribution in [-0.4, -0.2) is 37.7 Å². The van der Waals surface area contributed by atoms with Gasteiger partial charge in [-0.3, -0.25) is 0 Å². The van der Waals surface area contributed by atoms with Gasteiger partial charge in [0.2, 0.25) is 0 Å². The first kappa shape index (κ1) is 28.6. The number of ether oxygens (including phenoxy) is 4. The second-order valence-corrected chi connectivity index (χ2v) is 8.27. The maximum absolute atomic E-state index is 12.4. The quantitative estimate of drug-likeness (QED) is 0.110. The average Bonchev–Trinajstić information content (AvgIpc) is 2.90. The first-order valence-electron chi connectivity index (χ1n) is 12.5. The van der Waals surface area contributed by atoms with Crippen LogP contribution in [0.3, 0.4) is 0 Å². The highest BCUT2D eigenvalue weighted by molar-refractivity contribution is 5.92. The lowest BCUT2D eigenvalue weighted by Crippen LogP contribution is -2.10. The third-order valence-corrected chi connectivity index (χ3v) is 5.34. The van der Waals surface area contributed by atoms with E-state index in [2.05, 4.69) is 13.5 Å². The molecule has 0 aliphatic heterocycles. The van der Waals surface area contributed by atoms with Crippen molar-refractivity contribution in [3.05, 3.63) is 72.3 Å². The molecule has 0 atom stereocenters. The van der Waals surface area contributed by atoms with Gasteiger partial charge in [0.15, 0.2) is 0 Å². The minimum absolute atomic E-state index is 0.208. The van der Waals surface area contributed by atoms with Gasteiger partial charge in [-0.05, 0) is 67.8 Å². The molecule has 0 radical (unpaired) electrons. The molecular formula is C29H36O7. The van der Waals surface area contributed by atoms with Crippen LogP contribution >= 0.6 is 0 Å². The second kappa shape index (κ2) is 16.9. The number of carbonyl (C=O) groups excluding carboxylic acids is 3. The summed E-state index contributed by atoms with van der Waals surface area (Å²) in [6.45, 7) is 6.64. The highest BCUT2D eigenvalue weighted by Crippen LogP contribution is 2.18. The maximum atomic E-state index is 12.4. The van der Waals surface area contributed by atoms with Crippen molar-refractivity contribution < 1.29 is 33.3 Å². The Labute approximate surface area is 213 Å². The standard InChI is InChI=1S/C29H36O7/c1-3-5-6-7-8-9-20-33-25-16-12-24(13-17-25)29(32)36-26-18-14-23(15-19-26)28(31)35-22-11-10-21-34-27(30)4-2/h4,12-19H,2-3,5-11,20-22H2,1H3. The molecule has 0 bridgehead atoms. The molecule has 0 aromatic heterocycles. The van der Waals surface area contributed by atoms with Crippen LogP contribution in [0.25, 0.3) is 0 Å². The van der Waals surface area contributed by atoms with Gasteiger partial charge in [-0.15, -0.1) is 0 Å². The van der Waals surface area contributed by atoms with E-state index in [0.717, 1.165) is 24.7 Å². The number of carbonyl (C=O) groups is 3. The predicted molar refractivity (Wildman–Crippen MR) is 137 cm³/mol. The van der Waals surface area contributed by atoms with Gasteiger partial charge in [-0.25, -0.2) is 14.4 Å². The molecule has 0 saturated heterocycles. The van der Waals surface area contributed by atoms with E-state index < -0.39 is 17.9 Å². The van der Waals surface area contributed by atoms with E-state index in [9.17, 15) is 14.4 Å². The fourth-order valence-corrected chi connectivity index (χ4v) is 3.27. The largest absolute Gasteiger partial charge is 0.494 e. The molecule has 2 aromatic carbocycles. The van der Waals surface area contributed by atoms with Crippen LogP contribution in [0.15, 0.2) is 61.2 Å². The van der Waals surface area contributed by atoms with Gasteiger partial charge in [0, 0.05) is 6.08 Å². The molecule has 7 nitrogen and oxygen atoms in total. The third-order valence-electron chi connectivity index (χ3n) is 5.34. The van der Waals surface area contributed by atoms with Gasteiger partial charge in [0.1, 0.15) is 11.5 Å². The summed E-state index contributed by atoms with van der Waals surface area (Å²) in [5.74, 6) is -0.403. The van der Waals surface area contributed by atoms with Crippen LogP contribution in [0.4, 0.5) is 0 Å². The highest BCUT2D eigenvalue weighted by atomic mass is 16.5. The van der Waals surface area contributed by atoms with Gasteiger partial charge in [-0.2, -0.15) is 0 Å². The molecule has 2 aromatic rings. The Morgan fingerprint density at radius 2 is 1.19 bits per heavy atom. The summed E-state index contributed by atoms with van der Waals surface area (Å²) in [5.41, 5.74) is 0.754. The molecule has 194 valence electrons. The summed E-state index contributed by atoms with van der Waals surface area (Å²) in [7, 11) is 0. The maximum Gasteiger partial charge on any atom is 0.343 e. The van der Waals surface area contributed by atoms with E-state index in [1.165, 1.54) is 37.8 Å². The number of rotatable bonds is 17. The second-order valence-electron chi connectivity index (χ2n) is 8.27. The van der Waals surface area contributed by atoms with E-state index in [1.807, 2.05) is 0 Å². The van der Waals surface area contributed by atoms with Crippen molar-refractivity contribution in [2.75, 3.05) is 19.8 Å². The predicted octanol–water partition coefficient (Wildman–Crippen LogP) is 6.31. The van der Waals surface area contributed by atoms with Crippen LogP contribution in [-0.2, 0) is 14.3 Å². The number of esters is 3. The first-order chi connectivity index (χ1) is 17.5. The van der Waals surface area contributed by atoms with Crippen LogP contribution in [0.1, 0.15) is 79.0 Å². The monoisotopic (exact) mass is 496 g/mol. The van der Waals surface area contributed by atoms with Crippen molar-refractivity contribution in [1.29, 1.82) is 0 Å². The molecule has 0 spiro atoms. The van der Waals surface area contributed by atoms with Gasteiger partial charge in [0.05, 0.1) is 30.9 Å². The van der Waals surface area contributed by atoms with Gasteiger partial charge in [0.25, 0.3) is 0 Å². The molecule has 0 aliphatic carbocycles. The van der Waals surface area contributed by atoms with Gasteiger partial charge >= 0.3 is 17.9 Å². The smallest absolute Gasteiger partial charge is 0.343 e. The first-order valence-corrected chi connectivity index (χ1v) is 12.5. The molecule has 0 N–H and O–H groups in total. The summed E-state index contributed by atoms with van der Waals surface area (Å²) in [4.78, 5) is 35.5. The SMILES string of the molecule is C=CC(=O)OCCCCOC(=O)c1ccc(OC(=O)c2ccc(OCCCCCCCC)cc2)cc1. The molecule has 0 saturated carbocycles. The highest BCUT2D eigenvalue weighted by Gasteiger charge is 2.11. The Hall–Kier alpha value is -3.61. The van der Waals surface area contributed by atoms with Crippen molar-refractivity contribution in [2.24, 2.45) is 0 Å². The van der Waals surface area contributed by atoms with Crippen molar-refractivity contribution in [3.8, 4) is 11.5 Å². The Kier molecular flexibility index (Phi) is 13.5. The lowest BCUT2D eigenvalue weighted by molar-refractivity contribution is -0.137. The zero-order valence-electron chi connectivity index (χ0n) is 21.0. The van der Waals surface area contributed by atoms with Crippen LogP contribution < -0.4 is 9.47 Å². The van der Waals surface area contributed by atoms with Crippen LogP contribution in [0.2, 0.25) is 0 Å². The lowest BCUT2D eigenvalue weighted by Gasteiger charge is -2.08. The molecule has 36 heavy (non-hydrogen) atoms. The number of benzene rings is 2. The lowest BCUT2D eigenvalue weighted by atomic mass is 10.1. The Bertz CT molecular complexity index is 949. The molecule has 0 heterocycles.